The van der Waals surface area contributed by atoms with Crippen LogP contribution in [0.25, 0.3) is 0 Å². The second-order valence-corrected chi connectivity index (χ2v) is 6.50. The molecule has 0 saturated carbocycles. The molecule has 4 unspecified atom stereocenters. The summed E-state index contributed by atoms with van der Waals surface area (Å²) in [6, 6.07) is 1.40. The van der Waals surface area contributed by atoms with Gasteiger partial charge < -0.3 is 10.2 Å². The largest absolute Gasteiger partial charge is 0.311 e. The van der Waals surface area contributed by atoms with Gasteiger partial charge in [-0.25, -0.2) is 0 Å². The average Bonchev–Trinajstić information content (AvgIpc) is 2.52. The summed E-state index contributed by atoms with van der Waals surface area (Å²) in [6.07, 6.45) is 2.76. The van der Waals surface area contributed by atoms with E-state index in [0.29, 0.717) is 11.5 Å². The SMILES string of the molecule is CC(NC1CCN2CCC1C2)C(C)(C)C. The minimum Gasteiger partial charge on any atom is -0.311 e. The van der Waals surface area contributed by atoms with E-state index in [-0.39, 0.29) is 0 Å². The minimum absolute atomic E-state index is 0.385. The van der Waals surface area contributed by atoms with Crippen LogP contribution in [0.15, 0.2) is 0 Å². The normalized spacial score (nSPS) is 38.0. The lowest BCUT2D eigenvalue weighted by Crippen LogP contribution is -2.50. The second kappa shape index (κ2) is 4.06. The van der Waals surface area contributed by atoms with E-state index in [1.165, 1.54) is 32.5 Å². The molecule has 2 saturated heterocycles. The Labute approximate surface area is 94.4 Å². The summed E-state index contributed by atoms with van der Waals surface area (Å²) in [6.45, 7) is 13.3. The molecule has 0 aromatic carbocycles. The number of rotatable bonds is 2. The molecule has 0 spiro atoms. The number of fused-ring (bicyclic) bond motifs is 2. The van der Waals surface area contributed by atoms with E-state index in [9.17, 15) is 0 Å². The summed E-state index contributed by atoms with van der Waals surface area (Å²) in [7, 11) is 0. The van der Waals surface area contributed by atoms with Crippen LogP contribution in [0.3, 0.4) is 0 Å². The van der Waals surface area contributed by atoms with E-state index in [1.807, 2.05) is 0 Å². The first-order valence-corrected chi connectivity index (χ1v) is 6.45. The molecule has 2 rings (SSSR count). The monoisotopic (exact) mass is 210 g/mol. The van der Waals surface area contributed by atoms with Crippen molar-refractivity contribution in [3.8, 4) is 0 Å². The molecule has 2 fully saturated rings. The summed E-state index contributed by atoms with van der Waals surface area (Å²) < 4.78 is 0. The fourth-order valence-electron chi connectivity index (χ4n) is 2.74. The quantitative estimate of drug-likeness (QED) is 0.751. The van der Waals surface area contributed by atoms with Gasteiger partial charge in [0.25, 0.3) is 0 Å². The van der Waals surface area contributed by atoms with Crippen LogP contribution < -0.4 is 5.32 Å². The molecule has 2 heterocycles. The molecular formula is C13H26N2. The zero-order chi connectivity index (χ0) is 11.1. The van der Waals surface area contributed by atoms with Gasteiger partial charge in [-0.3, -0.25) is 0 Å². The summed E-state index contributed by atoms with van der Waals surface area (Å²) in [5.74, 6) is 0.920. The third kappa shape index (κ3) is 2.54. The number of nitrogens with one attached hydrogen (secondary N) is 1. The van der Waals surface area contributed by atoms with Gasteiger partial charge in [-0.05, 0) is 44.2 Å². The van der Waals surface area contributed by atoms with Crippen LogP contribution in [0.2, 0.25) is 0 Å². The van der Waals surface area contributed by atoms with Crippen LogP contribution in [-0.4, -0.2) is 36.6 Å². The lowest BCUT2D eigenvalue weighted by molar-refractivity contribution is 0.179. The molecule has 15 heavy (non-hydrogen) atoms. The van der Waals surface area contributed by atoms with Crippen LogP contribution in [0, 0.1) is 11.3 Å². The molecule has 2 aliphatic heterocycles. The number of hydrogen-bond acceptors (Lipinski definition) is 2. The zero-order valence-corrected chi connectivity index (χ0v) is 10.7. The summed E-state index contributed by atoms with van der Waals surface area (Å²) in [5.41, 5.74) is 0.385. The van der Waals surface area contributed by atoms with E-state index in [0.717, 1.165) is 12.0 Å². The predicted octanol–water partition coefficient (Wildman–Crippen LogP) is 2.10. The summed E-state index contributed by atoms with van der Waals surface area (Å²) in [5, 5.41) is 3.86. The Kier molecular flexibility index (Phi) is 3.09. The van der Waals surface area contributed by atoms with E-state index in [2.05, 4.69) is 37.9 Å². The van der Waals surface area contributed by atoms with E-state index >= 15 is 0 Å². The first kappa shape index (κ1) is 11.4. The molecule has 0 aromatic rings. The average molecular weight is 210 g/mol. The second-order valence-electron chi connectivity index (χ2n) is 6.50. The van der Waals surface area contributed by atoms with Gasteiger partial charge in [-0.1, -0.05) is 20.8 Å². The van der Waals surface area contributed by atoms with Crippen LogP contribution in [0.5, 0.6) is 0 Å². The van der Waals surface area contributed by atoms with Crippen LogP contribution in [0.4, 0.5) is 0 Å². The molecule has 2 nitrogen and oxygen atoms in total. The molecule has 88 valence electrons. The number of hydrogen-bond donors (Lipinski definition) is 1. The van der Waals surface area contributed by atoms with Crippen molar-refractivity contribution in [3.63, 3.8) is 0 Å². The smallest absolute Gasteiger partial charge is 0.0123 e. The molecule has 2 aliphatic rings. The van der Waals surface area contributed by atoms with Crippen molar-refractivity contribution >= 4 is 0 Å². The fourth-order valence-corrected chi connectivity index (χ4v) is 2.74. The van der Waals surface area contributed by atoms with E-state index in [1.54, 1.807) is 0 Å². The maximum absolute atomic E-state index is 3.86. The van der Waals surface area contributed by atoms with Crippen molar-refractivity contribution in [2.75, 3.05) is 19.6 Å². The van der Waals surface area contributed by atoms with Crippen LogP contribution in [-0.2, 0) is 0 Å². The minimum atomic E-state index is 0.385. The third-order valence-electron chi connectivity index (χ3n) is 4.40. The van der Waals surface area contributed by atoms with Crippen molar-refractivity contribution in [1.82, 2.24) is 10.2 Å². The molecular weight excluding hydrogens is 184 g/mol. The van der Waals surface area contributed by atoms with Gasteiger partial charge >= 0.3 is 0 Å². The van der Waals surface area contributed by atoms with Gasteiger partial charge in [-0.2, -0.15) is 0 Å². The Balaban J connectivity index is 1.89. The van der Waals surface area contributed by atoms with Crippen molar-refractivity contribution in [2.24, 2.45) is 11.3 Å². The molecule has 0 radical (unpaired) electrons. The van der Waals surface area contributed by atoms with Crippen molar-refractivity contribution in [3.05, 3.63) is 0 Å². The van der Waals surface area contributed by atoms with Gasteiger partial charge in [0.15, 0.2) is 0 Å². The molecule has 0 amide bonds. The zero-order valence-electron chi connectivity index (χ0n) is 10.7. The maximum Gasteiger partial charge on any atom is 0.0123 e. The molecule has 0 aromatic heterocycles. The Bertz CT molecular complexity index is 219. The lowest BCUT2D eigenvalue weighted by atomic mass is 9.85. The van der Waals surface area contributed by atoms with Crippen molar-refractivity contribution < 1.29 is 0 Å². The fraction of sp³-hybridized carbons (Fsp3) is 1.00. The Morgan fingerprint density at radius 1 is 1.20 bits per heavy atom. The number of nitrogens with zero attached hydrogens (tertiary/aromatic N) is 1. The highest BCUT2D eigenvalue weighted by Gasteiger charge is 2.35. The maximum atomic E-state index is 3.86. The first-order valence-electron chi connectivity index (χ1n) is 6.45. The molecule has 1 N–H and O–H groups in total. The number of piperidine rings is 1. The van der Waals surface area contributed by atoms with Gasteiger partial charge in [-0.15, -0.1) is 0 Å². The molecule has 2 heteroatoms. The Morgan fingerprint density at radius 2 is 1.87 bits per heavy atom. The summed E-state index contributed by atoms with van der Waals surface area (Å²) >= 11 is 0. The summed E-state index contributed by atoms with van der Waals surface area (Å²) in [4.78, 5) is 2.62. The van der Waals surface area contributed by atoms with Crippen LogP contribution in [0.1, 0.15) is 40.5 Å². The Morgan fingerprint density at radius 3 is 2.53 bits per heavy atom. The van der Waals surface area contributed by atoms with E-state index in [4.69, 9.17) is 0 Å². The highest BCUT2D eigenvalue weighted by atomic mass is 15.2. The Hall–Kier alpha value is -0.0800. The topological polar surface area (TPSA) is 15.3 Å². The van der Waals surface area contributed by atoms with Gasteiger partial charge in [0.1, 0.15) is 0 Å². The van der Waals surface area contributed by atoms with Gasteiger partial charge in [0.2, 0.25) is 0 Å². The van der Waals surface area contributed by atoms with E-state index < -0.39 is 0 Å². The highest BCUT2D eigenvalue weighted by Crippen LogP contribution is 2.29. The first-order chi connectivity index (χ1) is 6.97. The van der Waals surface area contributed by atoms with Gasteiger partial charge in [0.05, 0.1) is 0 Å². The molecule has 4 atom stereocenters. The van der Waals surface area contributed by atoms with Gasteiger partial charge in [0, 0.05) is 18.6 Å². The lowest BCUT2D eigenvalue weighted by Gasteiger charge is -2.37. The molecule has 2 bridgehead atoms. The van der Waals surface area contributed by atoms with Crippen LogP contribution >= 0.6 is 0 Å². The van der Waals surface area contributed by atoms with Crippen molar-refractivity contribution in [1.29, 1.82) is 0 Å². The predicted molar refractivity (Wildman–Crippen MR) is 65.0 cm³/mol. The third-order valence-corrected chi connectivity index (χ3v) is 4.40. The van der Waals surface area contributed by atoms with Crippen molar-refractivity contribution in [2.45, 2.75) is 52.6 Å². The highest BCUT2D eigenvalue weighted by molar-refractivity contribution is 4.93. The molecule has 0 aliphatic carbocycles. The standard InChI is InChI=1S/C13H26N2/c1-10(13(2,3)4)14-12-6-8-15-7-5-11(12)9-15/h10-12,14H,5-9H2,1-4H3.